The summed E-state index contributed by atoms with van der Waals surface area (Å²) in [4.78, 5) is 34.4. The Kier molecular flexibility index (Phi) is 9.92. The lowest BCUT2D eigenvalue weighted by atomic mass is 9.90. The Morgan fingerprint density at radius 3 is 2.64 bits per heavy atom. The Morgan fingerprint density at radius 1 is 1.18 bits per heavy atom. The van der Waals surface area contributed by atoms with Crippen molar-refractivity contribution in [2.45, 2.75) is 89.6 Å². The van der Waals surface area contributed by atoms with Crippen molar-refractivity contribution in [3.63, 3.8) is 0 Å². The molecule has 2 rings (SSSR count). The topological polar surface area (TPSA) is 88.1 Å². The van der Waals surface area contributed by atoms with Crippen LogP contribution >= 0.6 is 0 Å². The molecule has 5 unspecified atom stereocenters. The summed E-state index contributed by atoms with van der Waals surface area (Å²) >= 11 is 0. The highest BCUT2D eigenvalue weighted by Gasteiger charge is 2.38. The van der Waals surface area contributed by atoms with Gasteiger partial charge in [-0.05, 0) is 63.7 Å². The molecule has 1 heterocycles. The summed E-state index contributed by atoms with van der Waals surface area (Å²) in [7, 11) is 1.36. The maximum Gasteiger partial charge on any atom is 0.305 e. The zero-order valence-electron chi connectivity index (χ0n) is 17.1. The lowest BCUT2D eigenvalue weighted by molar-refractivity contribution is -0.194. The molecule has 0 aromatic heterocycles. The maximum absolute atomic E-state index is 11.7. The second kappa shape index (κ2) is 12.2. The zero-order chi connectivity index (χ0) is 20.4. The number of methoxy groups -OCH3 is 1. The van der Waals surface area contributed by atoms with Crippen LogP contribution in [0.5, 0.6) is 0 Å². The number of rotatable bonds is 11. The predicted octanol–water partition coefficient (Wildman–Crippen LogP) is 3.18. The van der Waals surface area contributed by atoms with E-state index in [1.165, 1.54) is 14.0 Å². The van der Waals surface area contributed by atoms with E-state index in [1.807, 2.05) is 0 Å². The first kappa shape index (κ1) is 22.8. The summed E-state index contributed by atoms with van der Waals surface area (Å²) in [5.74, 6) is -0.497. The van der Waals surface area contributed by atoms with Crippen molar-refractivity contribution in [2.75, 3.05) is 13.7 Å². The predicted molar refractivity (Wildman–Crippen MR) is 101 cm³/mol. The molecular formula is C21H34O7. The molecule has 0 N–H and O–H groups in total. The standard InChI is InChI=1S/C21H34O7/c1-15(23)27-17(6-5-7-20(24)25-2)11-9-16-10-12-19(18(16)14-22)28-21-8-3-4-13-26-21/h14,16-19,21H,3-13H2,1-2H3. The number of carbonyl (C=O) groups excluding carboxylic acids is 3. The van der Waals surface area contributed by atoms with Gasteiger partial charge in [-0.2, -0.15) is 0 Å². The maximum atomic E-state index is 11.7. The van der Waals surface area contributed by atoms with Gasteiger partial charge in [0.1, 0.15) is 12.4 Å². The lowest BCUT2D eigenvalue weighted by Crippen LogP contribution is -2.32. The third kappa shape index (κ3) is 7.51. The van der Waals surface area contributed by atoms with Gasteiger partial charge in [-0.1, -0.05) is 0 Å². The number of hydrogen-bond donors (Lipinski definition) is 0. The molecule has 0 bridgehead atoms. The molecule has 0 aromatic rings. The summed E-state index contributed by atoms with van der Waals surface area (Å²) in [6.07, 6.45) is 8.36. The van der Waals surface area contributed by atoms with E-state index in [2.05, 4.69) is 4.74 Å². The Balaban J connectivity index is 1.80. The molecule has 0 aromatic carbocycles. The largest absolute Gasteiger partial charge is 0.469 e. The van der Waals surface area contributed by atoms with Crippen molar-refractivity contribution in [3.05, 3.63) is 0 Å². The fourth-order valence-electron chi connectivity index (χ4n) is 4.25. The Bertz CT molecular complexity index is 501. The van der Waals surface area contributed by atoms with E-state index in [1.54, 1.807) is 0 Å². The first-order valence-electron chi connectivity index (χ1n) is 10.5. The van der Waals surface area contributed by atoms with Gasteiger partial charge in [-0.15, -0.1) is 0 Å². The molecule has 1 saturated heterocycles. The summed E-state index contributed by atoms with van der Waals surface area (Å²) in [6, 6.07) is 0. The summed E-state index contributed by atoms with van der Waals surface area (Å²) < 4.78 is 21.8. The van der Waals surface area contributed by atoms with Crippen LogP contribution in [0.15, 0.2) is 0 Å². The molecule has 1 aliphatic carbocycles. The smallest absolute Gasteiger partial charge is 0.305 e. The Labute approximate surface area is 167 Å². The van der Waals surface area contributed by atoms with Crippen molar-refractivity contribution in [1.82, 2.24) is 0 Å². The van der Waals surface area contributed by atoms with Gasteiger partial charge in [-0.3, -0.25) is 9.59 Å². The van der Waals surface area contributed by atoms with E-state index in [4.69, 9.17) is 14.2 Å². The third-order valence-electron chi connectivity index (χ3n) is 5.74. The monoisotopic (exact) mass is 398 g/mol. The van der Waals surface area contributed by atoms with Gasteiger partial charge < -0.3 is 23.7 Å². The fourth-order valence-corrected chi connectivity index (χ4v) is 4.25. The Hall–Kier alpha value is -1.47. The van der Waals surface area contributed by atoms with Gasteiger partial charge in [0.2, 0.25) is 0 Å². The molecule has 0 spiro atoms. The van der Waals surface area contributed by atoms with Gasteiger partial charge in [0.25, 0.3) is 0 Å². The van der Waals surface area contributed by atoms with Crippen molar-refractivity contribution in [3.8, 4) is 0 Å². The van der Waals surface area contributed by atoms with E-state index in [0.717, 1.165) is 51.4 Å². The van der Waals surface area contributed by atoms with Crippen LogP contribution < -0.4 is 0 Å². The fraction of sp³-hybridized carbons (Fsp3) is 0.857. The number of carbonyl (C=O) groups is 3. The SMILES string of the molecule is COC(=O)CCCC(CCC1CCC(OC2CCCCO2)C1C=O)OC(C)=O. The molecule has 7 heteroatoms. The first-order chi connectivity index (χ1) is 13.5. The number of esters is 2. The quantitative estimate of drug-likeness (QED) is 0.390. The molecule has 7 nitrogen and oxygen atoms in total. The number of aldehydes is 1. The lowest BCUT2D eigenvalue weighted by Gasteiger charge is -2.28. The van der Waals surface area contributed by atoms with Crippen LogP contribution in [0.2, 0.25) is 0 Å². The van der Waals surface area contributed by atoms with Gasteiger partial charge in [0, 0.05) is 25.9 Å². The first-order valence-corrected chi connectivity index (χ1v) is 10.5. The van der Waals surface area contributed by atoms with E-state index >= 15 is 0 Å². The minimum absolute atomic E-state index is 0.0860. The van der Waals surface area contributed by atoms with Crippen LogP contribution in [0.25, 0.3) is 0 Å². The van der Waals surface area contributed by atoms with Gasteiger partial charge in [0.15, 0.2) is 6.29 Å². The number of ether oxygens (including phenoxy) is 4. The average Bonchev–Trinajstić information content (AvgIpc) is 3.07. The van der Waals surface area contributed by atoms with E-state index in [0.29, 0.717) is 25.7 Å². The molecule has 2 fully saturated rings. The van der Waals surface area contributed by atoms with Gasteiger partial charge in [-0.25, -0.2) is 0 Å². The minimum atomic E-state index is -0.322. The average molecular weight is 398 g/mol. The van der Waals surface area contributed by atoms with Crippen molar-refractivity contribution in [2.24, 2.45) is 11.8 Å². The normalized spacial score (nSPS) is 28.5. The summed E-state index contributed by atoms with van der Waals surface area (Å²) in [6.45, 7) is 2.12. The van der Waals surface area contributed by atoms with Crippen LogP contribution in [0.3, 0.4) is 0 Å². The molecule has 1 aliphatic heterocycles. The molecule has 28 heavy (non-hydrogen) atoms. The summed E-state index contributed by atoms with van der Waals surface area (Å²) in [5.41, 5.74) is 0. The highest BCUT2D eigenvalue weighted by molar-refractivity contribution is 5.69. The van der Waals surface area contributed by atoms with Crippen LogP contribution in [0, 0.1) is 11.8 Å². The van der Waals surface area contributed by atoms with Crippen molar-refractivity contribution >= 4 is 18.2 Å². The molecule has 0 radical (unpaired) electrons. The number of hydrogen-bond acceptors (Lipinski definition) is 7. The van der Waals surface area contributed by atoms with Gasteiger partial charge >= 0.3 is 11.9 Å². The molecule has 160 valence electrons. The highest BCUT2D eigenvalue weighted by atomic mass is 16.7. The van der Waals surface area contributed by atoms with Crippen molar-refractivity contribution in [1.29, 1.82) is 0 Å². The summed E-state index contributed by atoms with van der Waals surface area (Å²) in [5, 5.41) is 0. The molecule has 5 atom stereocenters. The third-order valence-corrected chi connectivity index (χ3v) is 5.74. The van der Waals surface area contributed by atoms with Crippen molar-refractivity contribution < 1.29 is 33.3 Å². The molecule has 1 saturated carbocycles. The molecule has 2 aliphatic rings. The zero-order valence-corrected chi connectivity index (χ0v) is 17.1. The van der Waals surface area contributed by atoms with E-state index in [-0.39, 0.29) is 42.3 Å². The minimum Gasteiger partial charge on any atom is -0.469 e. The van der Waals surface area contributed by atoms with Crippen LogP contribution in [-0.4, -0.2) is 50.4 Å². The second-order valence-corrected chi connectivity index (χ2v) is 7.80. The second-order valence-electron chi connectivity index (χ2n) is 7.80. The highest BCUT2D eigenvalue weighted by Crippen LogP contribution is 2.38. The molecule has 0 amide bonds. The van der Waals surface area contributed by atoms with Crippen LogP contribution in [0.4, 0.5) is 0 Å². The Morgan fingerprint density at radius 2 is 2.00 bits per heavy atom. The van der Waals surface area contributed by atoms with Crippen LogP contribution in [0.1, 0.15) is 71.1 Å². The van der Waals surface area contributed by atoms with E-state index < -0.39 is 0 Å². The van der Waals surface area contributed by atoms with E-state index in [9.17, 15) is 14.4 Å². The van der Waals surface area contributed by atoms with Crippen LogP contribution in [-0.2, 0) is 33.3 Å². The molecular weight excluding hydrogens is 364 g/mol. The van der Waals surface area contributed by atoms with Gasteiger partial charge in [0.05, 0.1) is 13.2 Å².